The van der Waals surface area contributed by atoms with Crippen LogP contribution in [-0.4, -0.2) is 25.9 Å². The van der Waals surface area contributed by atoms with Gasteiger partial charge in [-0.25, -0.2) is 17.5 Å². The number of aliphatic imine (C=N–C) groups is 1. The lowest BCUT2D eigenvalue weighted by Crippen LogP contribution is -2.41. The van der Waals surface area contributed by atoms with E-state index in [1.165, 1.54) is 24.4 Å². The van der Waals surface area contributed by atoms with Crippen molar-refractivity contribution in [2.24, 2.45) is 4.99 Å². The van der Waals surface area contributed by atoms with Gasteiger partial charge in [0.05, 0.1) is 10.7 Å². The van der Waals surface area contributed by atoms with Crippen LogP contribution < -0.4 is 14.8 Å². The van der Waals surface area contributed by atoms with Gasteiger partial charge < -0.3 is 10.1 Å². The fourth-order valence-corrected chi connectivity index (χ4v) is 4.20. The molecule has 10 heteroatoms. The normalized spacial score (nSPS) is 15.7. The van der Waals surface area contributed by atoms with Crippen molar-refractivity contribution in [3.05, 3.63) is 77.3 Å². The Morgan fingerprint density at radius 1 is 1.07 bits per heavy atom. The average molecular weight is 447 g/mol. The molecule has 7 nitrogen and oxygen atoms in total. The molecule has 1 aliphatic heterocycles. The van der Waals surface area contributed by atoms with Gasteiger partial charge in [0, 0.05) is 19.2 Å². The highest BCUT2D eigenvalue weighted by Crippen LogP contribution is 2.38. The molecule has 2 N–H and O–H groups in total. The van der Waals surface area contributed by atoms with Crippen LogP contribution in [-0.2, 0) is 16.4 Å². The Labute approximate surface area is 177 Å². The number of sulfonamides is 1. The van der Waals surface area contributed by atoms with Crippen LogP contribution >= 0.6 is 11.6 Å². The Morgan fingerprint density at radius 2 is 1.87 bits per heavy atom. The molecular weight excluding hydrogens is 431 g/mol. The van der Waals surface area contributed by atoms with E-state index >= 15 is 0 Å². The van der Waals surface area contributed by atoms with Crippen molar-refractivity contribution in [1.29, 1.82) is 0 Å². The van der Waals surface area contributed by atoms with E-state index in [4.69, 9.17) is 16.3 Å². The van der Waals surface area contributed by atoms with Crippen molar-refractivity contribution >= 4 is 33.3 Å². The van der Waals surface area contributed by atoms with E-state index < -0.39 is 15.8 Å². The first-order valence-electron chi connectivity index (χ1n) is 8.93. The van der Waals surface area contributed by atoms with Gasteiger partial charge in [-0.3, -0.25) is 9.98 Å². The van der Waals surface area contributed by atoms with Crippen molar-refractivity contribution in [3.8, 4) is 11.5 Å². The fraction of sp³-hybridized carbons (Fsp3) is 0.100. The number of benzene rings is 2. The molecule has 0 saturated carbocycles. The molecule has 30 heavy (non-hydrogen) atoms. The van der Waals surface area contributed by atoms with Gasteiger partial charge in [0.25, 0.3) is 10.0 Å². The summed E-state index contributed by atoms with van der Waals surface area (Å²) in [6, 6.07) is 14.3. The molecule has 0 radical (unpaired) electrons. The highest BCUT2D eigenvalue weighted by Gasteiger charge is 2.29. The molecule has 0 saturated heterocycles. The number of para-hydroxylation sites is 2. The molecule has 0 amide bonds. The van der Waals surface area contributed by atoms with E-state index in [0.29, 0.717) is 10.8 Å². The van der Waals surface area contributed by atoms with E-state index in [0.717, 1.165) is 0 Å². The lowest BCUT2D eigenvalue weighted by atomic mass is 10.2. The SMILES string of the molecule is O=S1(=O)NC(=NCCc2ncccc2F)Nc2c(Oc3ccccc3Cl)cccc21. The van der Waals surface area contributed by atoms with Crippen LogP contribution in [0.2, 0.25) is 5.02 Å². The lowest BCUT2D eigenvalue weighted by molar-refractivity contribution is 0.483. The van der Waals surface area contributed by atoms with Gasteiger partial charge >= 0.3 is 0 Å². The van der Waals surface area contributed by atoms with Crippen molar-refractivity contribution < 1.29 is 17.5 Å². The molecule has 0 spiro atoms. The molecule has 154 valence electrons. The molecule has 0 unspecified atom stereocenters. The minimum absolute atomic E-state index is 0.00838. The summed E-state index contributed by atoms with van der Waals surface area (Å²) in [4.78, 5) is 8.18. The summed E-state index contributed by atoms with van der Waals surface area (Å²) in [6.07, 6.45) is 1.70. The Hall–Kier alpha value is -3.17. The van der Waals surface area contributed by atoms with Crippen molar-refractivity contribution in [2.75, 3.05) is 11.9 Å². The summed E-state index contributed by atoms with van der Waals surface area (Å²) >= 11 is 6.15. The highest BCUT2D eigenvalue weighted by molar-refractivity contribution is 7.90. The Bertz CT molecular complexity index is 1230. The fourth-order valence-electron chi connectivity index (χ4n) is 2.86. The number of anilines is 1. The molecule has 0 atom stereocenters. The first-order chi connectivity index (χ1) is 14.4. The van der Waals surface area contributed by atoms with E-state index in [-0.39, 0.29) is 41.0 Å². The number of pyridine rings is 1. The number of fused-ring (bicyclic) bond motifs is 1. The minimum Gasteiger partial charge on any atom is -0.454 e. The standard InChI is InChI=1S/C20H16ClFN4O3S/c21-13-5-1-2-7-16(13)29-17-8-3-9-18-19(17)25-20(26-30(18,27)28)24-12-10-15-14(22)6-4-11-23-15/h1-9,11H,10,12H2,(H2,24,25,26). The number of rotatable bonds is 5. The molecule has 1 aliphatic rings. The Balaban J connectivity index is 1.61. The third kappa shape index (κ3) is 4.22. The summed E-state index contributed by atoms with van der Waals surface area (Å²) in [6.45, 7) is 0.127. The number of hydrogen-bond acceptors (Lipinski definition) is 5. The third-order valence-electron chi connectivity index (χ3n) is 4.26. The van der Waals surface area contributed by atoms with Gasteiger partial charge in [0.2, 0.25) is 5.96 Å². The van der Waals surface area contributed by atoms with Crippen LogP contribution in [0.3, 0.4) is 0 Å². The zero-order chi connectivity index (χ0) is 21.1. The quantitative estimate of drug-likeness (QED) is 0.618. The Morgan fingerprint density at radius 3 is 2.67 bits per heavy atom. The van der Waals surface area contributed by atoms with Crippen molar-refractivity contribution in [1.82, 2.24) is 9.71 Å². The number of ether oxygens (including phenoxy) is 1. The van der Waals surface area contributed by atoms with Gasteiger partial charge in [-0.15, -0.1) is 0 Å². The van der Waals surface area contributed by atoms with Gasteiger partial charge in [-0.1, -0.05) is 29.8 Å². The lowest BCUT2D eigenvalue weighted by Gasteiger charge is -2.23. The zero-order valence-electron chi connectivity index (χ0n) is 15.5. The molecule has 4 rings (SSSR count). The highest BCUT2D eigenvalue weighted by atomic mass is 35.5. The number of nitrogens with zero attached hydrogens (tertiary/aromatic N) is 2. The molecular formula is C20H16ClFN4O3S. The van der Waals surface area contributed by atoms with E-state index in [9.17, 15) is 12.8 Å². The van der Waals surface area contributed by atoms with Crippen LogP contribution in [0.4, 0.5) is 10.1 Å². The molecule has 3 aromatic rings. The monoisotopic (exact) mass is 446 g/mol. The number of aromatic nitrogens is 1. The maximum Gasteiger partial charge on any atom is 0.266 e. The van der Waals surface area contributed by atoms with Gasteiger partial charge in [-0.05, 0) is 36.4 Å². The molecule has 1 aromatic heterocycles. The predicted molar refractivity (Wildman–Crippen MR) is 112 cm³/mol. The smallest absolute Gasteiger partial charge is 0.266 e. The summed E-state index contributed by atoms with van der Waals surface area (Å²) in [5, 5.41) is 3.33. The molecule has 2 heterocycles. The van der Waals surface area contributed by atoms with Gasteiger partial charge in [0.1, 0.15) is 22.1 Å². The molecule has 0 aliphatic carbocycles. The Kier molecular flexibility index (Phi) is 5.56. The molecule has 2 aromatic carbocycles. The summed E-state index contributed by atoms with van der Waals surface area (Å²) in [5.41, 5.74) is 0.489. The molecule has 0 bridgehead atoms. The average Bonchev–Trinajstić information content (AvgIpc) is 2.71. The maximum atomic E-state index is 13.7. The topological polar surface area (TPSA) is 92.7 Å². The number of nitrogens with one attached hydrogen (secondary N) is 2. The van der Waals surface area contributed by atoms with Gasteiger partial charge in [0.15, 0.2) is 5.75 Å². The summed E-state index contributed by atoms with van der Waals surface area (Å²) in [5.74, 6) is 0.230. The van der Waals surface area contributed by atoms with E-state index in [1.54, 1.807) is 36.4 Å². The van der Waals surface area contributed by atoms with E-state index in [1.807, 2.05) is 0 Å². The van der Waals surface area contributed by atoms with E-state index in [2.05, 4.69) is 20.0 Å². The first-order valence-corrected chi connectivity index (χ1v) is 10.8. The zero-order valence-corrected chi connectivity index (χ0v) is 17.0. The largest absolute Gasteiger partial charge is 0.454 e. The molecule has 0 fully saturated rings. The maximum absolute atomic E-state index is 13.7. The van der Waals surface area contributed by atoms with Crippen LogP contribution in [0, 0.1) is 5.82 Å². The summed E-state index contributed by atoms with van der Waals surface area (Å²) < 4.78 is 47.2. The second-order valence-corrected chi connectivity index (χ2v) is 8.36. The van der Waals surface area contributed by atoms with Crippen LogP contribution in [0.25, 0.3) is 0 Å². The van der Waals surface area contributed by atoms with Gasteiger partial charge in [-0.2, -0.15) is 0 Å². The number of halogens is 2. The number of hydrogen-bond donors (Lipinski definition) is 2. The van der Waals surface area contributed by atoms with Crippen LogP contribution in [0.5, 0.6) is 11.5 Å². The second kappa shape index (κ2) is 8.29. The third-order valence-corrected chi connectivity index (χ3v) is 5.96. The second-order valence-electron chi connectivity index (χ2n) is 6.30. The predicted octanol–water partition coefficient (Wildman–Crippen LogP) is 3.97. The first kappa shape index (κ1) is 20.1. The van der Waals surface area contributed by atoms with Crippen LogP contribution in [0.1, 0.15) is 5.69 Å². The number of guanidine groups is 1. The van der Waals surface area contributed by atoms with Crippen molar-refractivity contribution in [3.63, 3.8) is 0 Å². The van der Waals surface area contributed by atoms with Crippen LogP contribution in [0.15, 0.2) is 70.7 Å². The minimum atomic E-state index is -3.87. The van der Waals surface area contributed by atoms with Crippen molar-refractivity contribution in [2.45, 2.75) is 11.3 Å². The summed E-state index contributed by atoms with van der Waals surface area (Å²) in [7, 11) is -3.87.